The van der Waals surface area contributed by atoms with Crippen molar-refractivity contribution in [2.75, 3.05) is 36.9 Å². The largest absolute Gasteiger partial charge is 0.383 e. The third kappa shape index (κ3) is 4.34. The zero-order chi connectivity index (χ0) is 23.6. The van der Waals surface area contributed by atoms with Gasteiger partial charge in [-0.05, 0) is 23.3 Å². The van der Waals surface area contributed by atoms with E-state index < -0.39 is 0 Å². The highest BCUT2D eigenvalue weighted by molar-refractivity contribution is 6.09. The van der Waals surface area contributed by atoms with Crippen LogP contribution >= 0.6 is 12.4 Å². The van der Waals surface area contributed by atoms with Crippen LogP contribution in [-0.2, 0) is 4.74 Å². The van der Waals surface area contributed by atoms with Crippen LogP contribution in [0.5, 0.6) is 0 Å². The molecule has 5 aromatic rings. The summed E-state index contributed by atoms with van der Waals surface area (Å²) in [5.41, 5.74) is 12.7. The lowest BCUT2D eigenvalue weighted by Gasteiger charge is -2.27. The highest BCUT2D eigenvalue weighted by Gasteiger charge is 2.22. The molecule has 0 amide bonds. The van der Waals surface area contributed by atoms with Gasteiger partial charge in [0.05, 0.1) is 24.3 Å². The maximum absolute atomic E-state index is 6.41. The highest BCUT2D eigenvalue weighted by Crippen LogP contribution is 2.43. The van der Waals surface area contributed by atoms with Crippen molar-refractivity contribution in [3.63, 3.8) is 0 Å². The molecule has 0 saturated carbocycles. The number of fused-ring (bicyclic) bond motifs is 1. The molecule has 6 rings (SSSR count). The monoisotopic (exact) mass is 496 g/mol. The molecule has 1 aliphatic heterocycles. The first kappa shape index (κ1) is 23.7. The fraction of sp³-hybridized carbons (Fsp3) is 0.143. The minimum Gasteiger partial charge on any atom is -0.383 e. The summed E-state index contributed by atoms with van der Waals surface area (Å²) in [5, 5.41) is 0.749. The SMILES string of the molecule is Cl.Nc1ncnc2nc(-c3ccc(N4CCOCC4)nc3)c(-c3ccccc3)c(-c3ccccc3)c12. The lowest BCUT2D eigenvalue weighted by Crippen LogP contribution is -2.36. The summed E-state index contributed by atoms with van der Waals surface area (Å²) in [6.07, 6.45) is 3.36. The second-order valence-corrected chi connectivity index (χ2v) is 8.40. The van der Waals surface area contributed by atoms with E-state index in [-0.39, 0.29) is 12.4 Å². The van der Waals surface area contributed by atoms with Crippen LogP contribution < -0.4 is 10.6 Å². The van der Waals surface area contributed by atoms with Crippen molar-refractivity contribution in [3.8, 4) is 33.5 Å². The minimum atomic E-state index is 0. The maximum atomic E-state index is 6.41. The van der Waals surface area contributed by atoms with Gasteiger partial charge in [0.2, 0.25) is 0 Å². The number of halogens is 1. The van der Waals surface area contributed by atoms with Gasteiger partial charge in [0.15, 0.2) is 5.65 Å². The van der Waals surface area contributed by atoms with Gasteiger partial charge in [0, 0.05) is 36.0 Å². The Kier molecular flexibility index (Phi) is 6.75. The molecule has 180 valence electrons. The number of nitrogen functional groups attached to an aromatic ring is 1. The third-order valence-electron chi connectivity index (χ3n) is 6.29. The summed E-state index contributed by atoms with van der Waals surface area (Å²) >= 11 is 0. The lowest BCUT2D eigenvalue weighted by atomic mass is 9.89. The second-order valence-electron chi connectivity index (χ2n) is 8.40. The molecule has 1 fully saturated rings. The van der Waals surface area contributed by atoms with Crippen LogP contribution in [0.25, 0.3) is 44.5 Å². The van der Waals surface area contributed by atoms with Crippen molar-refractivity contribution in [1.82, 2.24) is 19.9 Å². The van der Waals surface area contributed by atoms with Crippen LogP contribution in [0, 0.1) is 0 Å². The number of hydrogen-bond acceptors (Lipinski definition) is 7. The van der Waals surface area contributed by atoms with Crippen molar-refractivity contribution >= 4 is 35.1 Å². The van der Waals surface area contributed by atoms with E-state index in [2.05, 4.69) is 51.3 Å². The van der Waals surface area contributed by atoms with Crippen molar-refractivity contribution in [2.24, 2.45) is 0 Å². The highest BCUT2D eigenvalue weighted by atomic mass is 35.5. The van der Waals surface area contributed by atoms with Gasteiger partial charge in [-0.2, -0.15) is 0 Å². The number of hydrogen-bond donors (Lipinski definition) is 1. The maximum Gasteiger partial charge on any atom is 0.165 e. The van der Waals surface area contributed by atoms with Gasteiger partial charge < -0.3 is 15.4 Å². The lowest BCUT2D eigenvalue weighted by molar-refractivity contribution is 0.122. The van der Waals surface area contributed by atoms with E-state index in [1.54, 1.807) is 0 Å². The molecule has 2 aromatic carbocycles. The Balaban J connectivity index is 0.00000267. The Bertz CT molecular complexity index is 1470. The first-order valence-electron chi connectivity index (χ1n) is 11.6. The van der Waals surface area contributed by atoms with Crippen molar-refractivity contribution in [3.05, 3.63) is 85.3 Å². The van der Waals surface area contributed by atoms with Crippen LogP contribution in [0.4, 0.5) is 11.6 Å². The van der Waals surface area contributed by atoms with E-state index in [9.17, 15) is 0 Å². The number of anilines is 2. The molecule has 2 N–H and O–H groups in total. The summed E-state index contributed by atoms with van der Waals surface area (Å²) in [5.74, 6) is 1.35. The first-order valence-corrected chi connectivity index (χ1v) is 11.6. The number of nitrogens with zero attached hydrogens (tertiary/aromatic N) is 5. The molecule has 0 bridgehead atoms. The molecule has 0 spiro atoms. The van der Waals surface area contributed by atoms with E-state index in [0.29, 0.717) is 11.5 Å². The Morgan fingerprint density at radius 1 is 0.722 bits per heavy atom. The van der Waals surface area contributed by atoms with Crippen LogP contribution in [0.3, 0.4) is 0 Å². The molecular weight excluding hydrogens is 472 g/mol. The zero-order valence-corrected chi connectivity index (χ0v) is 20.4. The van der Waals surface area contributed by atoms with E-state index in [1.807, 2.05) is 42.6 Å². The smallest absolute Gasteiger partial charge is 0.165 e. The van der Waals surface area contributed by atoms with Gasteiger partial charge in [-0.25, -0.2) is 19.9 Å². The van der Waals surface area contributed by atoms with Gasteiger partial charge in [0.25, 0.3) is 0 Å². The number of benzene rings is 2. The summed E-state index contributed by atoms with van der Waals surface area (Å²) < 4.78 is 5.48. The standard InChI is InChI=1S/C28H24N6O.ClH/c29-27-25-23(19-7-3-1-4-8-19)24(20-9-5-2-6-10-20)26(33-28(25)32-18-31-27)21-11-12-22(30-17-21)34-13-15-35-16-14-34;/h1-12,17-18H,13-16H2,(H2,29,31,32,33);1H. The Morgan fingerprint density at radius 3 is 2.03 bits per heavy atom. The zero-order valence-electron chi connectivity index (χ0n) is 19.5. The van der Waals surface area contributed by atoms with Crippen molar-refractivity contribution < 1.29 is 4.74 Å². The molecule has 0 unspecified atom stereocenters. The van der Waals surface area contributed by atoms with E-state index >= 15 is 0 Å². The van der Waals surface area contributed by atoms with E-state index in [4.69, 9.17) is 20.4 Å². The van der Waals surface area contributed by atoms with Crippen molar-refractivity contribution in [1.29, 1.82) is 0 Å². The molecule has 36 heavy (non-hydrogen) atoms. The predicted molar refractivity (Wildman–Crippen MR) is 146 cm³/mol. The molecule has 0 atom stereocenters. The van der Waals surface area contributed by atoms with Crippen LogP contribution in [0.2, 0.25) is 0 Å². The Hall–Kier alpha value is -4.07. The summed E-state index contributed by atoms with van der Waals surface area (Å²) in [4.78, 5) is 20.8. The first-order chi connectivity index (χ1) is 17.3. The summed E-state index contributed by atoms with van der Waals surface area (Å²) in [7, 11) is 0. The van der Waals surface area contributed by atoms with Gasteiger partial charge in [0.1, 0.15) is 18.0 Å². The fourth-order valence-corrected chi connectivity index (χ4v) is 4.61. The fourth-order valence-electron chi connectivity index (χ4n) is 4.61. The molecule has 1 aliphatic rings. The minimum absolute atomic E-state index is 0. The van der Waals surface area contributed by atoms with Gasteiger partial charge >= 0.3 is 0 Å². The number of aromatic nitrogens is 4. The summed E-state index contributed by atoms with van der Waals surface area (Å²) in [6.45, 7) is 3.11. The molecular formula is C28H25ClN6O. The molecule has 1 saturated heterocycles. The van der Waals surface area contributed by atoms with Gasteiger partial charge in [-0.3, -0.25) is 0 Å². The molecule has 0 aliphatic carbocycles. The Labute approximate surface area is 215 Å². The topological polar surface area (TPSA) is 90.0 Å². The quantitative estimate of drug-likeness (QED) is 0.363. The molecule has 0 radical (unpaired) electrons. The number of ether oxygens (including phenoxy) is 1. The van der Waals surface area contributed by atoms with Crippen LogP contribution in [0.1, 0.15) is 0 Å². The average Bonchev–Trinajstić information content (AvgIpc) is 2.94. The molecule has 8 heteroatoms. The number of nitrogens with two attached hydrogens (primary N) is 1. The molecule has 3 aromatic heterocycles. The van der Waals surface area contributed by atoms with Gasteiger partial charge in [-0.1, -0.05) is 60.7 Å². The van der Waals surface area contributed by atoms with E-state index in [0.717, 1.165) is 71.0 Å². The predicted octanol–water partition coefficient (Wildman–Crippen LogP) is 5.26. The van der Waals surface area contributed by atoms with Crippen molar-refractivity contribution in [2.45, 2.75) is 0 Å². The number of rotatable bonds is 4. The summed E-state index contributed by atoms with van der Waals surface area (Å²) in [6, 6.07) is 24.6. The normalized spacial score (nSPS) is 13.4. The average molecular weight is 497 g/mol. The van der Waals surface area contributed by atoms with Crippen LogP contribution in [0.15, 0.2) is 85.3 Å². The third-order valence-corrected chi connectivity index (χ3v) is 6.29. The Morgan fingerprint density at radius 2 is 1.39 bits per heavy atom. The molecule has 7 nitrogen and oxygen atoms in total. The van der Waals surface area contributed by atoms with E-state index in [1.165, 1.54) is 6.33 Å². The number of pyridine rings is 2. The van der Waals surface area contributed by atoms with Crippen LogP contribution in [-0.4, -0.2) is 46.2 Å². The second kappa shape index (κ2) is 10.3. The molecule has 4 heterocycles. The van der Waals surface area contributed by atoms with Gasteiger partial charge in [-0.15, -0.1) is 12.4 Å². The number of morpholine rings is 1.